The molecule has 0 saturated carbocycles. The highest BCUT2D eigenvalue weighted by atomic mass is 16.5. The van der Waals surface area contributed by atoms with Gasteiger partial charge in [0.2, 0.25) is 5.91 Å². The van der Waals surface area contributed by atoms with Crippen LogP contribution in [0.15, 0.2) is 30.3 Å². The van der Waals surface area contributed by atoms with Gasteiger partial charge < -0.3 is 14.7 Å². The maximum Gasteiger partial charge on any atom is 0.336 e. The second-order valence-corrected chi connectivity index (χ2v) is 7.12. The first-order valence-corrected chi connectivity index (χ1v) is 9.42. The van der Waals surface area contributed by atoms with Crippen LogP contribution < -0.4 is 0 Å². The van der Waals surface area contributed by atoms with Gasteiger partial charge in [-0.2, -0.15) is 0 Å². The number of rotatable bonds is 6. The fraction of sp³-hybridized carbons (Fsp3) is 0.429. The molecule has 0 spiro atoms. The van der Waals surface area contributed by atoms with Gasteiger partial charge in [-0.05, 0) is 37.8 Å². The SMILES string of the molecule is COCC(=O)N1CCC(Cc2nc(C)cc(-c3ccccc3C(=O)O)n2)CC1. The largest absolute Gasteiger partial charge is 0.478 e. The predicted octanol–water partition coefficient (Wildman–Crippen LogP) is 2.58. The van der Waals surface area contributed by atoms with Crippen molar-refractivity contribution in [3.05, 3.63) is 47.4 Å². The maximum atomic E-state index is 11.9. The number of hydrogen-bond donors (Lipinski definition) is 1. The molecule has 0 aliphatic carbocycles. The molecule has 0 radical (unpaired) electrons. The van der Waals surface area contributed by atoms with Gasteiger partial charge in [0.25, 0.3) is 0 Å². The zero-order valence-electron chi connectivity index (χ0n) is 16.2. The Hall–Kier alpha value is -2.80. The number of likely N-dealkylation sites (tertiary alicyclic amines) is 1. The van der Waals surface area contributed by atoms with Crippen molar-refractivity contribution in [3.8, 4) is 11.3 Å². The van der Waals surface area contributed by atoms with Gasteiger partial charge in [0.1, 0.15) is 12.4 Å². The molecule has 7 nitrogen and oxygen atoms in total. The van der Waals surface area contributed by atoms with Gasteiger partial charge in [-0.3, -0.25) is 4.79 Å². The number of aromatic carboxylic acids is 1. The number of hydrogen-bond acceptors (Lipinski definition) is 5. The Bertz CT molecular complexity index is 860. The number of carboxylic acid groups (broad SMARTS) is 1. The normalized spacial score (nSPS) is 14.9. The average molecular weight is 383 g/mol. The van der Waals surface area contributed by atoms with E-state index in [1.165, 1.54) is 7.11 Å². The molecule has 7 heteroatoms. The van der Waals surface area contributed by atoms with E-state index in [0.29, 0.717) is 30.3 Å². The van der Waals surface area contributed by atoms with E-state index in [1.54, 1.807) is 18.2 Å². The Morgan fingerprint density at radius 1 is 1.21 bits per heavy atom. The van der Waals surface area contributed by atoms with Gasteiger partial charge in [-0.25, -0.2) is 14.8 Å². The molecule has 0 unspecified atom stereocenters. The summed E-state index contributed by atoms with van der Waals surface area (Å²) in [6.45, 7) is 3.45. The second-order valence-electron chi connectivity index (χ2n) is 7.12. The number of amides is 1. The molecule has 2 heterocycles. The Morgan fingerprint density at radius 2 is 1.93 bits per heavy atom. The highest BCUT2D eigenvalue weighted by molar-refractivity contribution is 5.95. The molecule has 0 bridgehead atoms. The third-order valence-corrected chi connectivity index (χ3v) is 5.04. The van der Waals surface area contributed by atoms with E-state index < -0.39 is 5.97 Å². The molecule has 2 aromatic rings. The summed E-state index contributed by atoms with van der Waals surface area (Å²) in [7, 11) is 1.53. The van der Waals surface area contributed by atoms with E-state index in [-0.39, 0.29) is 18.1 Å². The summed E-state index contributed by atoms with van der Waals surface area (Å²) >= 11 is 0. The van der Waals surface area contributed by atoms with Crippen molar-refractivity contribution >= 4 is 11.9 Å². The van der Waals surface area contributed by atoms with E-state index in [4.69, 9.17) is 4.74 Å². The van der Waals surface area contributed by atoms with Crippen molar-refractivity contribution in [3.63, 3.8) is 0 Å². The Morgan fingerprint density at radius 3 is 2.61 bits per heavy atom. The highest BCUT2D eigenvalue weighted by Gasteiger charge is 2.24. The van der Waals surface area contributed by atoms with Crippen LogP contribution in [0.1, 0.15) is 34.7 Å². The number of carbonyl (C=O) groups excluding carboxylic acids is 1. The molecule has 1 N–H and O–H groups in total. The summed E-state index contributed by atoms with van der Waals surface area (Å²) in [5.41, 5.74) is 2.28. The zero-order chi connectivity index (χ0) is 20.1. The minimum Gasteiger partial charge on any atom is -0.478 e. The Kier molecular flexibility index (Phi) is 6.36. The molecule has 1 saturated heterocycles. The lowest BCUT2D eigenvalue weighted by molar-refractivity contribution is -0.136. The molecule has 148 valence electrons. The number of aryl methyl sites for hydroxylation is 1. The smallest absolute Gasteiger partial charge is 0.336 e. The lowest BCUT2D eigenvalue weighted by Crippen LogP contribution is -2.40. The fourth-order valence-corrected chi connectivity index (χ4v) is 3.61. The zero-order valence-corrected chi connectivity index (χ0v) is 16.2. The van der Waals surface area contributed by atoms with Crippen LogP contribution in [0.4, 0.5) is 0 Å². The van der Waals surface area contributed by atoms with Crippen LogP contribution in [-0.2, 0) is 16.0 Å². The second kappa shape index (κ2) is 8.93. The summed E-state index contributed by atoms with van der Waals surface area (Å²) in [6, 6.07) is 8.69. The highest BCUT2D eigenvalue weighted by Crippen LogP contribution is 2.25. The molecular weight excluding hydrogens is 358 g/mol. The molecule has 1 aliphatic heterocycles. The van der Waals surface area contributed by atoms with Crippen molar-refractivity contribution in [1.29, 1.82) is 0 Å². The number of carbonyl (C=O) groups is 2. The first-order valence-electron chi connectivity index (χ1n) is 9.42. The quantitative estimate of drug-likeness (QED) is 0.824. The standard InChI is InChI=1S/C21H25N3O4/c1-14-11-18(16-5-3-4-6-17(16)21(26)27)23-19(22-14)12-15-7-9-24(10-8-15)20(25)13-28-2/h3-6,11,15H,7-10,12-13H2,1-2H3,(H,26,27). The molecule has 1 aromatic heterocycles. The van der Waals surface area contributed by atoms with Crippen LogP contribution in [0.2, 0.25) is 0 Å². The Balaban J connectivity index is 1.73. The number of piperidine rings is 1. The maximum absolute atomic E-state index is 11.9. The van der Waals surface area contributed by atoms with Crippen LogP contribution in [0.5, 0.6) is 0 Å². The molecule has 1 aromatic carbocycles. The van der Waals surface area contributed by atoms with Crippen LogP contribution >= 0.6 is 0 Å². The van der Waals surface area contributed by atoms with Crippen molar-refractivity contribution in [2.24, 2.45) is 5.92 Å². The summed E-state index contributed by atoms with van der Waals surface area (Å²) in [4.78, 5) is 34.5. The van der Waals surface area contributed by atoms with Crippen molar-refractivity contribution in [2.75, 3.05) is 26.8 Å². The molecule has 0 atom stereocenters. The molecular formula is C21H25N3O4. The van der Waals surface area contributed by atoms with Crippen LogP contribution in [0, 0.1) is 12.8 Å². The minimum absolute atomic E-state index is 0.0281. The summed E-state index contributed by atoms with van der Waals surface area (Å²) in [6.07, 6.45) is 2.51. The van der Waals surface area contributed by atoms with E-state index in [1.807, 2.05) is 24.0 Å². The fourth-order valence-electron chi connectivity index (χ4n) is 3.61. The average Bonchev–Trinajstić information content (AvgIpc) is 2.68. The van der Waals surface area contributed by atoms with E-state index in [0.717, 1.165) is 30.8 Å². The molecule has 28 heavy (non-hydrogen) atoms. The first kappa shape index (κ1) is 19.9. The van der Waals surface area contributed by atoms with Crippen LogP contribution in [0.25, 0.3) is 11.3 Å². The van der Waals surface area contributed by atoms with Crippen molar-refractivity contribution in [1.82, 2.24) is 14.9 Å². The van der Waals surface area contributed by atoms with Crippen molar-refractivity contribution < 1.29 is 19.4 Å². The van der Waals surface area contributed by atoms with Gasteiger partial charge in [0.05, 0.1) is 11.3 Å². The number of carboxylic acids is 1. The molecule has 1 fully saturated rings. The number of aromatic nitrogens is 2. The monoisotopic (exact) mass is 383 g/mol. The van der Waals surface area contributed by atoms with Gasteiger partial charge in [-0.1, -0.05) is 18.2 Å². The lowest BCUT2D eigenvalue weighted by Gasteiger charge is -2.31. The number of benzene rings is 1. The van der Waals surface area contributed by atoms with Gasteiger partial charge in [0.15, 0.2) is 0 Å². The molecule has 1 amide bonds. The summed E-state index contributed by atoms with van der Waals surface area (Å²) in [5, 5.41) is 9.45. The van der Waals surface area contributed by atoms with E-state index in [9.17, 15) is 14.7 Å². The van der Waals surface area contributed by atoms with E-state index >= 15 is 0 Å². The topological polar surface area (TPSA) is 92.6 Å². The van der Waals surface area contributed by atoms with Crippen LogP contribution in [-0.4, -0.2) is 58.7 Å². The minimum atomic E-state index is -0.971. The van der Waals surface area contributed by atoms with Crippen molar-refractivity contribution in [2.45, 2.75) is 26.2 Å². The number of nitrogens with zero attached hydrogens (tertiary/aromatic N) is 3. The Labute approximate surface area is 164 Å². The van der Waals surface area contributed by atoms with Crippen LogP contribution in [0.3, 0.4) is 0 Å². The third-order valence-electron chi connectivity index (χ3n) is 5.04. The molecule has 1 aliphatic rings. The third kappa shape index (κ3) is 4.72. The van der Waals surface area contributed by atoms with Gasteiger partial charge in [0, 0.05) is 37.9 Å². The van der Waals surface area contributed by atoms with E-state index in [2.05, 4.69) is 9.97 Å². The number of methoxy groups -OCH3 is 1. The number of ether oxygens (including phenoxy) is 1. The van der Waals surface area contributed by atoms with Gasteiger partial charge >= 0.3 is 5.97 Å². The predicted molar refractivity (Wildman–Crippen MR) is 104 cm³/mol. The summed E-state index contributed by atoms with van der Waals surface area (Å²) in [5.74, 6) is 0.176. The lowest BCUT2D eigenvalue weighted by atomic mass is 9.93. The molecule has 3 rings (SSSR count). The summed E-state index contributed by atoms with van der Waals surface area (Å²) < 4.78 is 4.92. The first-order chi connectivity index (χ1) is 13.5. The van der Waals surface area contributed by atoms with Gasteiger partial charge in [-0.15, -0.1) is 0 Å².